The van der Waals surface area contributed by atoms with Crippen LogP contribution in [0.2, 0.25) is 0 Å². The van der Waals surface area contributed by atoms with Gasteiger partial charge in [0.2, 0.25) is 0 Å². The van der Waals surface area contributed by atoms with Gasteiger partial charge in [0.15, 0.2) is 0 Å². The van der Waals surface area contributed by atoms with Gasteiger partial charge in [0.25, 0.3) is 0 Å². The Morgan fingerprint density at radius 2 is 1.87 bits per heavy atom. The molecule has 0 bridgehead atoms. The number of alkyl halides is 3. The molecule has 3 nitrogen and oxygen atoms in total. The van der Waals surface area contributed by atoms with E-state index < -0.39 is 13.0 Å². The third kappa shape index (κ3) is 9.96. The Balaban J connectivity index is 3.46. The molecule has 0 aliphatic carbocycles. The van der Waals surface area contributed by atoms with Gasteiger partial charge in [-0.25, -0.2) is 0 Å². The molecule has 0 aromatic carbocycles. The minimum Gasteiger partial charge on any atom is -0.396 e. The summed E-state index contributed by atoms with van der Waals surface area (Å²) in [5.74, 6) is 0. The molecule has 2 N–H and O–H groups in total. The number of halogens is 3. The highest BCUT2D eigenvalue weighted by Gasteiger charge is 2.28. The van der Waals surface area contributed by atoms with E-state index in [2.05, 4.69) is 10.1 Å². The standard InChI is InChI=1S/C9H18F3NO2/c1-8(2,3-5-14)7-13-4-6-15-9(10,11)12/h13-14H,3-7H2,1-2H3. The highest BCUT2D eigenvalue weighted by Crippen LogP contribution is 2.18. The highest BCUT2D eigenvalue weighted by molar-refractivity contribution is 4.70. The van der Waals surface area contributed by atoms with E-state index in [-0.39, 0.29) is 18.6 Å². The summed E-state index contributed by atoms with van der Waals surface area (Å²) in [7, 11) is 0. The summed E-state index contributed by atoms with van der Waals surface area (Å²) in [5, 5.41) is 11.6. The van der Waals surface area contributed by atoms with Crippen molar-refractivity contribution in [2.45, 2.75) is 26.6 Å². The van der Waals surface area contributed by atoms with E-state index in [0.717, 1.165) is 0 Å². The van der Waals surface area contributed by atoms with Crippen LogP contribution in [0.15, 0.2) is 0 Å². The van der Waals surface area contributed by atoms with Gasteiger partial charge in [-0.3, -0.25) is 4.74 Å². The van der Waals surface area contributed by atoms with E-state index in [1.807, 2.05) is 13.8 Å². The van der Waals surface area contributed by atoms with Gasteiger partial charge in [0, 0.05) is 19.7 Å². The van der Waals surface area contributed by atoms with E-state index in [1.54, 1.807) is 0 Å². The van der Waals surface area contributed by atoms with Crippen LogP contribution in [0.25, 0.3) is 0 Å². The molecule has 0 aromatic heterocycles. The lowest BCUT2D eigenvalue weighted by Crippen LogP contribution is -2.33. The van der Waals surface area contributed by atoms with Crippen LogP contribution in [-0.4, -0.2) is 37.8 Å². The first-order chi connectivity index (χ1) is 6.77. The SMILES string of the molecule is CC(C)(CCO)CNCCOC(F)(F)F. The molecule has 0 fully saturated rings. The van der Waals surface area contributed by atoms with E-state index in [1.165, 1.54) is 0 Å². The second-order valence-electron chi connectivity index (χ2n) is 4.11. The fourth-order valence-electron chi connectivity index (χ4n) is 1.06. The molecule has 0 amide bonds. The fourth-order valence-corrected chi connectivity index (χ4v) is 1.06. The number of rotatable bonds is 7. The Bertz CT molecular complexity index is 171. The number of hydrogen-bond acceptors (Lipinski definition) is 3. The van der Waals surface area contributed by atoms with Crippen LogP contribution in [0.4, 0.5) is 13.2 Å². The Morgan fingerprint density at radius 3 is 2.33 bits per heavy atom. The van der Waals surface area contributed by atoms with Crippen molar-refractivity contribution < 1.29 is 23.0 Å². The van der Waals surface area contributed by atoms with Crippen molar-refractivity contribution in [3.63, 3.8) is 0 Å². The lowest BCUT2D eigenvalue weighted by molar-refractivity contribution is -0.323. The number of aliphatic hydroxyl groups excluding tert-OH is 1. The van der Waals surface area contributed by atoms with Crippen molar-refractivity contribution in [2.24, 2.45) is 5.41 Å². The molecule has 0 heterocycles. The summed E-state index contributed by atoms with van der Waals surface area (Å²) < 4.78 is 38.3. The van der Waals surface area contributed by atoms with Crippen LogP contribution in [0, 0.1) is 5.41 Å². The average molecular weight is 229 g/mol. The summed E-state index contributed by atoms with van der Waals surface area (Å²) in [6.07, 6.45) is -3.94. The molecule has 0 saturated carbocycles. The van der Waals surface area contributed by atoms with Crippen LogP contribution in [0.1, 0.15) is 20.3 Å². The molecule has 15 heavy (non-hydrogen) atoms. The van der Waals surface area contributed by atoms with Crippen LogP contribution < -0.4 is 5.32 Å². The van der Waals surface area contributed by atoms with E-state index in [0.29, 0.717) is 13.0 Å². The molecular formula is C9H18F3NO2. The van der Waals surface area contributed by atoms with E-state index >= 15 is 0 Å². The normalized spacial score (nSPS) is 13.2. The number of aliphatic hydroxyl groups is 1. The highest BCUT2D eigenvalue weighted by atomic mass is 19.4. The molecule has 0 unspecified atom stereocenters. The third-order valence-corrected chi connectivity index (χ3v) is 1.94. The number of ether oxygens (including phenoxy) is 1. The van der Waals surface area contributed by atoms with Gasteiger partial charge in [-0.15, -0.1) is 13.2 Å². The maximum Gasteiger partial charge on any atom is 0.522 e. The van der Waals surface area contributed by atoms with Crippen LogP contribution in [0.5, 0.6) is 0 Å². The van der Waals surface area contributed by atoms with Gasteiger partial charge in [0.05, 0.1) is 6.61 Å². The van der Waals surface area contributed by atoms with Gasteiger partial charge in [-0.05, 0) is 11.8 Å². The van der Waals surface area contributed by atoms with Gasteiger partial charge in [-0.1, -0.05) is 13.8 Å². The Hall–Kier alpha value is -0.330. The fraction of sp³-hybridized carbons (Fsp3) is 1.00. The second kappa shape index (κ2) is 6.30. The first kappa shape index (κ1) is 14.7. The molecule has 92 valence electrons. The minimum absolute atomic E-state index is 0.0771. The smallest absolute Gasteiger partial charge is 0.396 e. The predicted octanol–water partition coefficient (Wildman–Crippen LogP) is 1.52. The number of hydrogen-bond donors (Lipinski definition) is 2. The van der Waals surface area contributed by atoms with Gasteiger partial charge in [0.1, 0.15) is 0 Å². The van der Waals surface area contributed by atoms with Gasteiger partial charge in [-0.2, -0.15) is 0 Å². The van der Waals surface area contributed by atoms with E-state index in [9.17, 15) is 13.2 Å². The van der Waals surface area contributed by atoms with Crippen molar-refractivity contribution >= 4 is 0 Å². The van der Waals surface area contributed by atoms with Crippen molar-refractivity contribution in [3.8, 4) is 0 Å². The topological polar surface area (TPSA) is 41.5 Å². The monoisotopic (exact) mass is 229 g/mol. The molecule has 0 aliphatic rings. The summed E-state index contributed by atoms with van der Waals surface area (Å²) in [6, 6.07) is 0. The lowest BCUT2D eigenvalue weighted by atomic mass is 9.90. The van der Waals surface area contributed by atoms with Crippen LogP contribution in [-0.2, 0) is 4.74 Å². The van der Waals surface area contributed by atoms with E-state index in [4.69, 9.17) is 5.11 Å². The maximum absolute atomic E-state index is 11.6. The molecule has 0 rings (SSSR count). The largest absolute Gasteiger partial charge is 0.522 e. The van der Waals surface area contributed by atoms with Crippen LogP contribution >= 0.6 is 0 Å². The first-order valence-corrected chi connectivity index (χ1v) is 4.79. The maximum atomic E-state index is 11.6. The zero-order valence-electron chi connectivity index (χ0n) is 9.02. The Morgan fingerprint density at radius 1 is 1.27 bits per heavy atom. The molecule has 0 spiro atoms. The lowest BCUT2D eigenvalue weighted by Gasteiger charge is -2.23. The molecule has 0 aliphatic heterocycles. The van der Waals surface area contributed by atoms with Gasteiger partial charge < -0.3 is 10.4 Å². The Kier molecular flexibility index (Phi) is 6.16. The minimum atomic E-state index is -4.55. The molecule has 0 atom stereocenters. The first-order valence-electron chi connectivity index (χ1n) is 4.79. The summed E-state index contributed by atoms with van der Waals surface area (Å²) in [5.41, 5.74) is -0.118. The van der Waals surface area contributed by atoms with Crippen molar-refractivity contribution in [1.29, 1.82) is 0 Å². The molecule has 6 heteroatoms. The molecule has 0 radical (unpaired) electrons. The zero-order valence-corrected chi connectivity index (χ0v) is 9.02. The molecule has 0 saturated heterocycles. The average Bonchev–Trinajstić information content (AvgIpc) is 2.00. The van der Waals surface area contributed by atoms with Crippen LogP contribution in [0.3, 0.4) is 0 Å². The Labute approximate surface area is 87.6 Å². The second-order valence-corrected chi connectivity index (χ2v) is 4.11. The summed E-state index contributed by atoms with van der Waals surface area (Å²) >= 11 is 0. The predicted molar refractivity (Wildman–Crippen MR) is 50.4 cm³/mol. The summed E-state index contributed by atoms with van der Waals surface area (Å²) in [4.78, 5) is 0. The summed E-state index contributed by atoms with van der Waals surface area (Å²) in [6.45, 7) is 4.25. The molecular weight excluding hydrogens is 211 g/mol. The zero-order chi connectivity index (χ0) is 11.9. The van der Waals surface area contributed by atoms with Gasteiger partial charge >= 0.3 is 6.36 Å². The molecule has 0 aromatic rings. The van der Waals surface area contributed by atoms with Crippen molar-refractivity contribution in [1.82, 2.24) is 5.32 Å². The number of nitrogens with one attached hydrogen (secondary N) is 1. The van der Waals surface area contributed by atoms with Crippen molar-refractivity contribution in [3.05, 3.63) is 0 Å². The quantitative estimate of drug-likeness (QED) is 0.650. The third-order valence-electron chi connectivity index (χ3n) is 1.94. The van der Waals surface area contributed by atoms with Crippen molar-refractivity contribution in [2.75, 3.05) is 26.3 Å².